The maximum atomic E-state index is 12.7. The third-order valence-electron chi connectivity index (χ3n) is 5.02. The van der Waals surface area contributed by atoms with Gasteiger partial charge in [-0.15, -0.1) is 0 Å². The summed E-state index contributed by atoms with van der Waals surface area (Å²) in [5.74, 6) is -2.42. The van der Waals surface area contributed by atoms with Crippen molar-refractivity contribution in [3.8, 4) is 11.5 Å². The van der Waals surface area contributed by atoms with Crippen LogP contribution in [0.2, 0.25) is 0 Å². The van der Waals surface area contributed by atoms with Crippen LogP contribution in [0.15, 0.2) is 42.5 Å². The number of methoxy groups -OCH3 is 1. The lowest BCUT2D eigenvalue weighted by atomic mass is 10.1. The van der Waals surface area contributed by atoms with Crippen molar-refractivity contribution in [1.82, 2.24) is 4.90 Å². The van der Waals surface area contributed by atoms with E-state index in [9.17, 15) is 19.2 Å². The number of para-hydroxylation sites is 2. The Labute approximate surface area is 189 Å². The molecule has 0 spiro atoms. The quantitative estimate of drug-likeness (QED) is 0.468. The molecular formula is C23H24N2O8. The first-order chi connectivity index (χ1) is 15.8. The molecule has 2 aromatic carbocycles. The van der Waals surface area contributed by atoms with Crippen molar-refractivity contribution in [3.63, 3.8) is 0 Å². The molecule has 33 heavy (non-hydrogen) atoms. The third-order valence-corrected chi connectivity index (χ3v) is 5.02. The van der Waals surface area contributed by atoms with Gasteiger partial charge in [0.15, 0.2) is 18.1 Å². The van der Waals surface area contributed by atoms with E-state index in [0.717, 1.165) is 18.9 Å². The van der Waals surface area contributed by atoms with Gasteiger partial charge in [-0.3, -0.25) is 9.59 Å². The predicted molar refractivity (Wildman–Crippen MR) is 117 cm³/mol. The van der Waals surface area contributed by atoms with E-state index in [0.29, 0.717) is 11.5 Å². The number of amides is 2. The zero-order valence-electron chi connectivity index (χ0n) is 17.9. The molecule has 0 aliphatic heterocycles. The molecule has 3 rings (SSSR count). The zero-order valence-corrected chi connectivity index (χ0v) is 17.9. The van der Waals surface area contributed by atoms with E-state index in [1.54, 1.807) is 29.2 Å². The number of nitrogens with zero attached hydrogens (tertiary/aromatic N) is 1. The number of aromatic carboxylic acids is 2. The maximum Gasteiger partial charge on any atom is 0.335 e. The monoisotopic (exact) mass is 456 g/mol. The molecule has 174 valence electrons. The number of benzene rings is 2. The molecule has 1 saturated carbocycles. The summed E-state index contributed by atoms with van der Waals surface area (Å²) in [5, 5.41) is 20.8. The number of carbonyl (C=O) groups excluding carboxylic acids is 2. The van der Waals surface area contributed by atoms with Crippen molar-refractivity contribution in [2.75, 3.05) is 25.6 Å². The molecule has 0 radical (unpaired) electrons. The third kappa shape index (κ3) is 6.45. The second kappa shape index (κ2) is 10.5. The van der Waals surface area contributed by atoms with E-state index >= 15 is 0 Å². The number of ether oxygens (including phenoxy) is 2. The fourth-order valence-electron chi connectivity index (χ4n) is 3.25. The molecule has 10 nitrogen and oxygen atoms in total. The molecule has 10 heteroatoms. The molecule has 0 saturated heterocycles. The minimum Gasteiger partial charge on any atom is -0.493 e. The van der Waals surface area contributed by atoms with Crippen molar-refractivity contribution in [2.24, 2.45) is 0 Å². The van der Waals surface area contributed by atoms with Gasteiger partial charge in [-0.2, -0.15) is 0 Å². The number of anilines is 1. The van der Waals surface area contributed by atoms with Crippen LogP contribution in [0.4, 0.5) is 5.69 Å². The molecule has 0 atom stereocenters. The minimum absolute atomic E-state index is 0.0421. The van der Waals surface area contributed by atoms with Gasteiger partial charge in [0.2, 0.25) is 5.91 Å². The summed E-state index contributed by atoms with van der Waals surface area (Å²) in [6, 6.07) is 10.4. The number of carboxylic acid groups (broad SMARTS) is 2. The van der Waals surface area contributed by atoms with Crippen LogP contribution in [-0.4, -0.2) is 65.2 Å². The van der Waals surface area contributed by atoms with Gasteiger partial charge in [0.05, 0.1) is 18.2 Å². The number of nitrogens with one attached hydrogen (secondary N) is 1. The molecule has 0 aromatic heterocycles. The SMILES string of the molecule is COc1ccccc1OCC(=O)N(CCC(=O)Nc1cc(C(=O)O)cc(C(=O)O)c1)C1CC1. The Kier molecular flexibility index (Phi) is 7.50. The van der Waals surface area contributed by atoms with Crippen LogP contribution in [0.5, 0.6) is 11.5 Å². The van der Waals surface area contributed by atoms with Crippen LogP contribution in [0.3, 0.4) is 0 Å². The van der Waals surface area contributed by atoms with Gasteiger partial charge < -0.3 is 29.9 Å². The summed E-state index contributed by atoms with van der Waals surface area (Å²) >= 11 is 0. The number of carboxylic acids is 2. The van der Waals surface area contributed by atoms with Crippen molar-refractivity contribution < 1.29 is 38.9 Å². The number of hydrogen-bond acceptors (Lipinski definition) is 6. The second-order valence-electron chi connectivity index (χ2n) is 7.47. The summed E-state index contributed by atoms with van der Waals surface area (Å²) < 4.78 is 10.8. The molecule has 1 fully saturated rings. The van der Waals surface area contributed by atoms with E-state index in [2.05, 4.69) is 5.32 Å². The molecule has 1 aliphatic rings. The fraction of sp³-hybridized carbons (Fsp3) is 0.304. The Hall–Kier alpha value is -4.08. The molecule has 1 aliphatic carbocycles. The lowest BCUT2D eigenvalue weighted by Crippen LogP contribution is -2.38. The molecule has 0 bridgehead atoms. The largest absolute Gasteiger partial charge is 0.493 e. The van der Waals surface area contributed by atoms with Crippen LogP contribution in [-0.2, 0) is 9.59 Å². The molecule has 0 unspecified atom stereocenters. The smallest absolute Gasteiger partial charge is 0.335 e. The van der Waals surface area contributed by atoms with Crippen molar-refractivity contribution in [3.05, 3.63) is 53.6 Å². The van der Waals surface area contributed by atoms with Crippen molar-refractivity contribution in [2.45, 2.75) is 25.3 Å². The summed E-state index contributed by atoms with van der Waals surface area (Å²) in [5.41, 5.74) is -0.456. The summed E-state index contributed by atoms with van der Waals surface area (Å²) in [6.07, 6.45) is 1.63. The number of hydrogen-bond donors (Lipinski definition) is 3. The molecule has 2 amide bonds. The minimum atomic E-state index is -1.31. The Morgan fingerprint density at radius 2 is 1.61 bits per heavy atom. The number of rotatable bonds is 11. The lowest BCUT2D eigenvalue weighted by molar-refractivity contribution is -0.134. The summed E-state index contributed by atoms with van der Waals surface area (Å²) in [7, 11) is 1.50. The van der Waals surface area contributed by atoms with Gasteiger partial charge in [-0.1, -0.05) is 12.1 Å². The van der Waals surface area contributed by atoms with Crippen LogP contribution in [0.25, 0.3) is 0 Å². The standard InChI is InChI=1S/C23H24N2O8/c1-32-18-4-2-3-5-19(18)33-13-21(27)25(17-6-7-17)9-8-20(26)24-16-11-14(22(28)29)10-15(12-16)23(30)31/h2-5,10-12,17H,6-9,13H2,1H3,(H,24,26)(H,28,29)(H,30,31). The first-order valence-corrected chi connectivity index (χ1v) is 10.2. The van der Waals surface area contributed by atoms with Crippen LogP contribution in [0.1, 0.15) is 40.0 Å². The van der Waals surface area contributed by atoms with Gasteiger partial charge in [0, 0.05) is 24.7 Å². The average Bonchev–Trinajstić information content (AvgIpc) is 3.62. The topological polar surface area (TPSA) is 142 Å². The Balaban J connectivity index is 1.59. The highest BCUT2D eigenvalue weighted by atomic mass is 16.5. The first kappa shape index (κ1) is 23.6. The zero-order chi connectivity index (χ0) is 24.0. The van der Waals surface area contributed by atoms with E-state index in [1.165, 1.54) is 19.2 Å². The first-order valence-electron chi connectivity index (χ1n) is 10.2. The predicted octanol–water partition coefficient (Wildman–Crippen LogP) is 2.49. The van der Waals surface area contributed by atoms with Crippen molar-refractivity contribution in [1.29, 1.82) is 0 Å². The highest BCUT2D eigenvalue weighted by Gasteiger charge is 2.33. The van der Waals surface area contributed by atoms with Crippen molar-refractivity contribution >= 4 is 29.4 Å². The van der Waals surface area contributed by atoms with E-state index in [-0.39, 0.29) is 48.3 Å². The Bertz CT molecular complexity index is 1030. The highest BCUT2D eigenvalue weighted by Crippen LogP contribution is 2.29. The second-order valence-corrected chi connectivity index (χ2v) is 7.47. The van der Waals surface area contributed by atoms with E-state index < -0.39 is 17.8 Å². The molecule has 0 heterocycles. The molecular weight excluding hydrogens is 432 g/mol. The van der Waals surface area contributed by atoms with Gasteiger partial charge in [0.25, 0.3) is 5.91 Å². The maximum absolute atomic E-state index is 12.7. The van der Waals surface area contributed by atoms with Gasteiger partial charge in [-0.05, 0) is 43.2 Å². The van der Waals surface area contributed by atoms with Crippen LogP contribution >= 0.6 is 0 Å². The molecule has 2 aromatic rings. The Morgan fingerprint density at radius 1 is 1.00 bits per heavy atom. The lowest BCUT2D eigenvalue weighted by Gasteiger charge is -2.22. The summed E-state index contributed by atoms with van der Waals surface area (Å²) in [4.78, 5) is 49.2. The molecule has 3 N–H and O–H groups in total. The van der Waals surface area contributed by atoms with Crippen LogP contribution < -0.4 is 14.8 Å². The van der Waals surface area contributed by atoms with Gasteiger partial charge in [-0.25, -0.2) is 9.59 Å². The summed E-state index contributed by atoms with van der Waals surface area (Å²) in [6.45, 7) is -0.0594. The van der Waals surface area contributed by atoms with Crippen LogP contribution in [0, 0.1) is 0 Å². The fourth-order valence-corrected chi connectivity index (χ4v) is 3.25. The van der Waals surface area contributed by atoms with Gasteiger partial charge >= 0.3 is 11.9 Å². The van der Waals surface area contributed by atoms with E-state index in [4.69, 9.17) is 19.7 Å². The van der Waals surface area contributed by atoms with E-state index in [1.807, 2.05) is 0 Å². The highest BCUT2D eigenvalue weighted by molar-refractivity contribution is 5.98. The Morgan fingerprint density at radius 3 is 2.15 bits per heavy atom. The average molecular weight is 456 g/mol. The number of carbonyl (C=O) groups is 4. The normalized spacial score (nSPS) is 12.5. The van der Waals surface area contributed by atoms with Gasteiger partial charge in [0.1, 0.15) is 0 Å².